The molecule has 0 aliphatic rings. The van der Waals surface area contributed by atoms with Gasteiger partial charge in [0.2, 0.25) is 0 Å². The van der Waals surface area contributed by atoms with Gasteiger partial charge in [0, 0.05) is 0 Å². The summed E-state index contributed by atoms with van der Waals surface area (Å²) in [5.74, 6) is 0. The SMILES string of the molecule is CNCCCCOC(F)F. The van der Waals surface area contributed by atoms with Crippen molar-refractivity contribution in [1.29, 1.82) is 0 Å². The maximum Gasteiger partial charge on any atom is 0.345 e. The second-order valence-corrected chi connectivity index (χ2v) is 1.94. The Morgan fingerprint density at radius 3 is 2.60 bits per heavy atom. The third kappa shape index (κ3) is 7.78. The number of ether oxygens (including phenoxy) is 1. The zero-order chi connectivity index (χ0) is 7.82. The van der Waals surface area contributed by atoms with Gasteiger partial charge in [-0.2, -0.15) is 8.78 Å². The van der Waals surface area contributed by atoms with E-state index in [1.165, 1.54) is 0 Å². The predicted molar refractivity (Wildman–Crippen MR) is 35.1 cm³/mol. The first kappa shape index (κ1) is 9.78. The summed E-state index contributed by atoms with van der Waals surface area (Å²) < 4.78 is 26.6. The summed E-state index contributed by atoms with van der Waals surface area (Å²) >= 11 is 0. The molecule has 1 N–H and O–H groups in total. The summed E-state index contributed by atoms with van der Waals surface area (Å²) in [5.41, 5.74) is 0. The van der Waals surface area contributed by atoms with Crippen LogP contribution < -0.4 is 5.32 Å². The summed E-state index contributed by atoms with van der Waals surface area (Å²) in [4.78, 5) is 0. The minimum atomic E-state index is -2.62. The molecule has 0 aliphatic carbocycles. The van der Waals surface area contributed by atoms with Crippen molar-refractivity contribution in [3.05, 3.63) is 0 Å². The molecule has 0 rings (SSSR count). The van der Waals surface area contributed by atoms with Crippen molar-refractivity contribution in [2.24, 2.45) is 0 Å². The minimum Gasteiger partial charge on any atom is -0.323 e. The average molecular weight is 153 g/mol. The predicted octanol–water partition coefficient (Wildman–Crippen LogP) is 1.23. The number of hydrogen-bond donors (Lipinski definition) is 1. The van der Waals surface area contributed by atoms with E-state index in [1.54, 1.807) is 0 Å². The summed E-state index contributed by atoms with van der Waals surface area (Å²) in [6, 6.07) is 0. The van der Waals surface area contributed by atoms with Crippen molar-refractivity contribution in [3.63, 3.8) is 0 Å². The molecule has 62 valence electrons. The topological polar surface area (TPSA) is 21.3 Å². The number of halogens is 2. The smallest absolute Gasteiger partial charge is 0.323 e. The van der Waals surface area contributed by atoms with Crippen molar-refractivity contribution in [2.45, 2.75) is 19.5 Å². The molecule has 2 nitrogen and oxygen atoms in total. The fourth-order valence-corrected chi connectivity index (χ4v) is 0.576. The van der Waals surface area contributed by atoms with Crippen LogP contribution in [0.25, 0.3) is 0 Å². The first-order chi connectivity index (χ1) is 4.77. The van der Waals surface area contributed by atoms with Gasteiger partial charge in [0.15, 0.2) is 0 Å². The number of unbranched alkanes of at least 4 members (excludes halogenated alkanes) is 1. The fourth-order valence-electron chi connectivity index (χ4n) is 0.576. The maximum absolute atomic E-state index is 11.3. The zero-order valence-corrected chi connectivity index (χ0v) is 6.07. The standard InChI is InChI=1S/C6H13F2NO/c1-9-4-2-3-5-10-6(7)8/h6,9H,2-5H2,1H3. The van der Waals surface area contributed by atoms with Crippen molar-refractivity contribution in [3.8, 4) is 0 Å². The Bertz CT molecular complexity index is 70.8. The van der Waals surface area contributed by atoms with Crippen LogP contribution in [0.15, 0.2) is 0 Å². The van der Waals surface area contributed by atoms with Crippen LogP contribution >= 0.6 is 0 Å². The van der Waals surface area contributed by atoms with Crippen LogP contribution in [0.1, 0.15) is 12.8 Å². The van der Waals surface area contributed by atoms with E-state index < -0.39 is 6.61 Å². The third-order valence-corrected chi connectivity index (χ3v) is 1.06. The van der Waals surface area contributed by atoms with Crippen LogP contribution in [0, 0.1) is 0 Å². The first-order valence-corrected chi connectivity index (χ1v) is 3.31. The quantitative estimate of drug-likeness (QED) is 0.579. The Morgan fingerprint density at radius 2 is 2.10 bits per heavy atom. The van der Waals surface area contributed by atoms with Crippen LogP contribution in [0.5, 0.6) is 0 Å². The van der Waals surface area contributed by atoms with Gasteiger partial charge in [0.25, 0.3) is 0 Å². The second-order valence-electron chi connectivity index (χ2n) is 1.94. The maximum atomic E-state index is 11.3. The molecule has 4 heteroatoms. The van der Waals surface area contributed by atoms with E-state index in [0.29, 0.717) is 6.42 Å². The van der Waals surface area contributed by atoms with E-state index in [2.05, 4.69) is 10.1 Å². The molecule has 0 bridgehead atoms. The zero-order valence-electron chi connectivity index (χ0n) is 6.07. The van der Waals surface area contributed by atoms with Crippen molar-refractivity contribution >= 4 is 0 Å². The van der Waals surface area contributed by atoms with E-state index in [0.717, 1.165) is 13.0 Å². The molecule has 0 amide bonds. The molecule has 0 spiro atoms. The van der Waals surface area contributed by atoms with Crippen LogP contribution in [-0.2, 0) is 4.74 Å². The van der Waals surface area contributed by atoms with Gasteiger partial charge in [-0.15, -0.1) is 0 Å². The van der Waals surface area contributed by atoms with Crippen LogP contribution in [0.2, 0.25) is 0 Å². The lowest BCUT2D eigenvalue weighted by Gasteiger charge is -2.01. The first-order valence-electron chi connectivity index (χ1n) is 3.31. The molecule has 0 heterocycles. The van der Waals surface area contributed by atoms with Crippen molar-refractivity contribution < 1.29 is 13.5 Å². The van der Waals surface area contributed by atoms with Gasteiger partial charge in [-0.25, -0.2) is 0 Å². The van der Waals surface area contributed by atoms with Crippen molar-refractivity contribution in [1.82, 2.24) is 5.32 Å². The summed E-state index contributed by atoms with van der Waals surface area (Å²) in [6.45, 7) is -1.61. The largest absolute Gasteiger partial charge is 0.345 e. The summed E-state index contributed by atoms with van der Waals surface area (Å²) in [7, 11) is 1.83. The van der Waals surface area contributed by atoms with E-state index in [4.69, 9.17) is 0 Å². The highest BCUT2D eigenvalue weighted by atomic mass is 19.3. The normalized spacial score (nSPS) is 10.8. The van der Waals surface area contributed by atoms with Gasteiger partial charge < -0.3 is 10.1 Å². The molecular weight excluding hydrogens is 140 g/mol. The highest BCUT2D eigenvalue weighted by molar-refractivity contribution is 4.40. The Kier molecular flexibility index (Phi) is 6.74. The van der Waals surface area contributed by atoms with Gasteiger partial charge in [-0.1, -0.05) is 0 Å². The molecule has 0 radical (unpaired) electrons. The highest BCUT2D eigenvalue weighted by Crippen LogP contribution is 1.96. The molecule has 0 unspecified atom stereocenters. The Morgan fingerprint density at radius 1 is 1.40 bits per heavy atom. The molecule has 10 heavy (non-hydrogen) atoms. The van der Waals surface area contributed by atoms with E-state index in [1.807, 2.05) is 7.05 Å². The van der Waals surface area contributed by atoms with Gasteiger partial charge in [-0.3, -0.25) is 0 Å². The van der Waals surface area contributed by atoms with Crippen LogP contribution in [-0.4, -0.2) is 26.8 Å². The molecular formula is C6H13F2NO. The molecule has 0 saturated carbocycles. The average Bonchev–Trinajstić information content (AvgIpc) is 1.87. The molecule has 0 aromatic carbocycles. The van der Waals surface area contributed by atoms with Gasteiger partial charge in [-0.05, 0) is 26.4 Å². The van der Waals surface area contributed by atoms with Gasteiger partial charge >= 0.3 is 6.61 Å². The van der Waals surface area contributed by atoms with Gasteiger partial charge in [0.1, 0.15) is 0 Å². The Labute approximate surface area is 59.6 Å². The van der Waals surface area contributed by atoms with Crippen LogP contribution in [0.3, 0.4) is 0 Å². The van der Waals surface area contributed by atoms with E-state index >= 15 is 0 Å². The lowest BCUT2D eigenvalue weighted by atomic mass is 10.3. The number of rotatable bonds is 6. The van der Waals surface area contributed by atoms with E-state index in [9.17, 15) is 8.78 Å². The molecule has 0 aliphatic heterocycles. The molecule has 0 fully saturated rings. The lowest BCUT2D eigenvalue weighted by molar-refractivity contribution is -0.129. The Balaban J connectivity index is 2.77. The Hall–Kier alpha value is -0.220. The number of nitrogens with one attached hydrogen (secondary N) is 1. The summed E-state index contributed by atoms with van der Waals surface area (Å²) in [6.07, 6.45) is 1.56. The number of alkyl halides is 2. The van der Waals surface area contributed by atoms with Crippen molar-refractivity contribution in [2.75, 3.05) is 20.2 Å². The molecule has 0 saturated heterocycles. The number of hydrogen-bond acceptors (Lipinski definition) is 2. The van der Waals surface area contributed by atoms with Crippen LogP contribution in [0.4, 0.5) is 8.78 Å². The lowest BCUT2D eigenvalue weighted by Crippen LogP contribution is -2.09. The monoisotopic (exact) mass is 153 g/mol. The van der Waals surface area contributed by atoms with E-state index in [-0.39, 0.29) is 6.61 Å². The second kappa shape index (κ2) is 6.89. The molecule has 0 aromatic rings. The van der Waals surface area contributed by atoms with Gasteiger partial charge in [0.05, 0.1) is 6.61 Å². The molecule has 0 atom stereocenters. The third-order valence-electron chi connectivity index (χ3n) is 1.06. The summed E-state index contributed by atoms with van der Waals surface area (Å²) in [5, 5.41) is 2.91. The highest BCUT2D eigenvalue weighted by Gasteiger charge is 1.98. The fraction of sp³-hybridized carbons (Fsp3) is 1.00. The minimum absolute atomic E-state index is 0.152. The molecule has 0 aromatic heterocycles.